The largest absolute Gasteiger partial charge is 0.349 e. The molecule has 0 radical (unpaired) electrons. The third kappa shape index (κ3) is 3.57. The number of carbonyl (C=O) groups excluding carboxylic acids is 1. The van der Waals surface area contributed by atoms with Crippen molar-refractivity contribution in [2.24, 2.45) is 5.92 Å². The molecule has 2 N–H and O–H groups in total. The van der Waals surface area contributed by atoms with Crippen LogP contribution in [0.4, 0.5) is 4.39 Å². The third-order valence-corrected chi connectivity index (χ3v) is 4.05. The number of hydrogen-bond acceptors (Lipinski definition) is 2. The number of rotatable bonds is 3. The van der Waals surface area contributed by atoms with Crippen molar-refractivity contribution in [1.82, 2.24) is 10.6 Å². The molecule has 0 bridgehead atoms. The van der Waals surface area contributed by atoms with E-state index in [4.69, 9.17) is 0 Å². The Balaban J connectivity index is 1.97. The fraction of sp³-hybridized carbons (Fsp3) is 0.562. The Kier molecular flexibility index (Phi) is 4.76. The monoisotopic (exact) mass is 278 g/mol. The zero-order valence-electron chi connectivity index (χ0n) is 12.4. The molecule has 1 aliphatic rings. The summed E-state index contributed by atoms with van der Waals surface area (Å²) in [6.07, 6.45) is 1.73. The summed E-state index contributed by atoms with van der Waals surface area (Å²) < 4.78 is 13.6. The molecule has 3 nitrogen and oxygen atoms in total. The van der Waals surface area contributed by atoms with Crippen LogP contribution in [0.15, 0.2) is 18.2 Å². The van der Waals surface area contributed by atoms with Gasteiger partial charge in [-0.3, -0.25) is 4.79 Å². The Morgan fingerprint density at radius 2 is 2.25 bits per heavy atom. The lowest BCUT2D eigenvalue weighted by Gasteiger charge is -2.28. The number of amides is 1. The van der Waals surface area contributed by atoms with E-state index in [9.17, 15) is 9.18 Å². The quantitative estimate of drug-likeness (QED) is 0.892. The van der Waals surface area contributed by atoms with Gasteiger partial charge >= 0.3 is 0 Å². The Labute approximate surface area is 120 Å². The van der Waals surface area contributed by atoms with Crippen LogP contribution < -0.4 is 10.6 Å². The first kappa shape index (κ1) is 15.0. The van der Waals surface area contributed by atoms with E-state index in [0.29, 0.717) is 11.6 Å². The van der Waals surface area contributed by atoms with Crippen LogP contribution in [-0.4, -0.2) is 18.5 Å². The molecule has 0 aliphatic carbocycles. The fourth-order valence-corrected chi connectivity index (χ4v) is 2.66. The average molecular weight is 278 g/mol. The minimum Gasteiger partial charge on any atom is -0.349 e. The number of aryl methyl sites for hydroxylation is 1. The summed E-state index contributed by atoms with van der Waals surface area (Å²) in [5.74, 6) is -0.0880. The Morgan fingerprint density at radius 3 is 2.90 bits per heavy atom. The van der Waals surface area contributed by atoms with Gasteiger partial charge in [0.1, 0.15) is 5.82 Å². The summed E-state index contributed by atoms with van der Waals surface area (Å²) in [6, 6.07) is 5.34. The summed E-state index contributed by atoms with van der Waals surface area (Å²) >= 11 is 0. The highest BCUT2D eigenvalue weighted by Crippen LogP contribution is 2.20. The Bertz CT molecular complexity index is 489. The number of carbonyl (C=O) groups is 1. The molecule has 1 heterocycles. The maximum atomic E-state index is 13.6. The molecule has 1 fully saturated rings. The van der Waals surface area contributed by atoms with Gasteiger partial charge < -0.3 is 10.6 Å². The van der Waals surface area contributed by atoms with E-state index in [-0.39, 0.29) is 23.7 Å². The highest BCUT2D eigenvalue weighted by atomic mass is 19.1. The normalized spacial score (nSPS) is 24.2. The van der Waals surface area contributed by atoms with E-state index in [0.717, 1.165) is 24.9 Å². The minimum absolute atomic E-state index is 0.0593. The second-order valence-electron chi connectivity index (χ2n) is 5.82. The van der Waals surface area contributed by atoms with Gasteiger partial charge in [-0.25, -0.2) is 4.39 Å². The second-order valence-corrected chi connectivity index (χ2v) is 5.82. The van der Waals surface area contributed by atoms with E-state index in [2.05, 4.69) is 17.6 Å². The van der Waals surface area contributed by atoms with Gasteiger partial charge in [0, 0.05) is 12.0 Å². The summed E-state index contributed by atoms with van der Waals surface area (Å²) in [6.45, 7) is 6.61. The first-order valence-corrected chi connectivity index (χ1v) is 7.27. The van der Waals surface area contributed by atoms with Crippen molar-refractivity contribution in [3.63, 3.8) is 0 Å². The van der Waals surface area contributed by atoms with Crippen LogP contribution in [0.1, 0.15) is 43.9 Å². The highest BCUT2D eigenvalue weighted by molar-refractivity contribution is 5.79. The lowest BCUT2D eigenvalue weighted by atomic mass is 9.92. The summed E-state index contributed by atoms with van der Waals surface area (Å²) in [4.78, 5) is 12.2. The topological polar surface area (TPSA) is 41.1 Å². The van der Waals surface area contributed by atoms with Crippen molar-refractivity contribution >= 4 is 5.91 Å². The molecule has 2 rings (SSSR count). The average Bonchev–Trinajstić information content (AvgIpc) is 2.41. The zero-order valence-corrected chi connectivity index (χ0v) is 12.4. The van der Waals surface area contributed by atoms with Crippen LogP contribution in [0, 0.1) is 18.7 Å². The Morgan fingerprint density at radius 1 is 1.50 bits per heavy atom. The molecule has 3 unspecified atom stereocenters. The summed E-state index contributed by atoms with van der Waals surface area (Å²) in [5.41, 5.74) is 1.43. The third-order valence-electron chi connectivity index (χ3n) is 4.05. The zero-order chi connectivity index (χ0) is 14.7. The molecule has 0 spiro atoms. The van der Waals surface area contributed by atoms with Gasteiger partial charge in [-0.05, 0) is 57.4 Å². The highest BCUT2D eigenvalue weighted by Gasteiger charge is 2.25. The van der Waals surface area contributed by atoms with Crippen molar-refractivity contribution in [3.05, 3.63) is 35.1 Å². The van der Waals surface area contributed by atoms with Crippen LogP contribution >= 0.6 is 0 Å². The van der Waals surface area contributed by atoms with E-state index < -0.39 is 0 Å². The van der Waals surface area contributed by atoms with Gasteiger partial charge in [0.2, 0.25) is 5.91 Å². The smallest absolute Gasteiger partial charge is 0.223 e. The first-order valence-electron chi connectivity index (χ1n) is 7.27. The van der Waals surface area contributed by atoms with Crippen molar-refractivity contribution in [1.29, 1.82) is 0 Å². The van der Waals surface area contributed by atoms with Gasteiger partial charge in [0.25, 0.3) is 0 Å². The molecule has 0 aromatic heterocycles. The predicted octanol–water partition coefficient (Wildman–Crippen LogP) is 2.70. The number of halogens is 1. The van der Waals surface area contributed by atoms with Gasteiger partial charge in [-0.1, -0.05) is 12.1 Å². The second kappa shape index (κ2) is 6.35. The van der Waals surface area contributed by atoms with E-state index >= 15 is 0 Å². The molecular formula is C16H23FN2O. The molecule has 110 valence electrons. The van der Waals surface area contributed by atoms with Crippen LogP contribution in [0.3, 0.4) is 0 Å². The van der Waals surface area contributed by atoms with Gasteiger partial charge in [-0.15, -0.1) is 0 Å². The Hall–Kier alpha value is -1.42. The summed E-state index contributed by atoms with van der Waals surface area (Å²) in [5, 5.41) is 6.34. The molecule has 4 heteroatoms. The number of benzene rings is 1. The predicted molar refractivity (Wildman–Crippen MR) is 77.9 cm³/mol. The lowest BCUT2D eigenvalue weighted by Crippen LogP contribution is -2.42. The number of nitrogens with one attached hydrogen (secondary N) is 2. The molecule has 0 saturated carbocycles. The fourth-order valence-electron chi connectivity index (χ4n) is 2.66. The van der Waals surface area contributed by atoms with Gasteiger partial charge in [0.15, 0.2) is 0 Å². The SMILES string of the molecule is Cc1ccc(C(C)NC(=O)C2CCNC(C)C2)cc1F. The maximum Gasteiger partial charge on any atom is 0.223 e. The minimum atomic E-state index is -0.223. The van der Waals surface area contributed by atoms with Crippen molar-refractivity contribution in [2.45, 2.75) is 45.7 Å². The molecule has 20 heavy (non-hydrogen) atoms. The molecule has 1 aliphatic heterocycles. The first-order chi connectivity index (χ1) is 9.47. The van der Waals surface area contributed by atoms with Crippen molar-refractivity contribution in [2.75, 3.05) is 6.54 Å². The van der Waals surface area contributed by atoms with E-state index in [1.807, 2.05) is 13.0 Å². The van der Waals surface area contributed by atoms with Crippen molar-refractivity contribution in [3.8, 4) is 0 Å². The number of hydrogen-bond donors (Lipinski definition) is 2. The van der Waals surface area contributed by atoms with Crippen molar-refractivity contribution < 1.29 is 9.18 Å². The van der Waals surface area contributed by atoms with Crippen LogP contribution in [0.2, 0.25) is 0 Å². The molecular weight excluding hydrogens is 255 g/mol. The lowest BCUT2D eigenvalue weighted by molar-refractivity contribution is -0.126. The van der Waals surface area contributed by atoms with Gasteiger partial charge in [-0.2, -0.15) is 0 Å². The maximum absolute atomic E-state index is 13.6. The van der Waals surface area contributed by atoms with Crippen LogP contribution in [0.25, 0.3) is 0 Å². The van der Waals surface area contributed by atoms with E-state index in [1.165, 1.54) is 6.07 Å². The molecule has 1 aromatic carbocycles. The number of piperidine rings is 1. The van der Waals surface area contributed by atoms with Gasteiger partial charge in [0.05, 0.1) is 6.04 Å². The standard InChI is InChI=1S/C16H23FN2O/c1-10-4-5-13(9-15(10)17)12(3)19-16(20)14-6-7-18-11(2)8-14/h4-5,9,11-12,14,18H,6-8H2,1-3H3,(H,19,20). The molecule has 3 atom stereocenters. The molecule has 1 aromatic rings. The van der Waals surface area contributed by atoms with Crippen LogP contribution in [0.5, 0.6) is 0 Å². The molecule has 1 saturated heterocycles. The van der Waals surface area contributed by atoms with E-state index in [1.54, 1.807) is 13.0 Å². The summed E-state index contributed by atoms with van der Waals surface area (Å²) in [7, 11) is 0. The molecule has 1 amide bonds. The van der Waals surface area contributed by atoms with Crippen LogP contribution in [-0.2, 0) is 4.79 Å².